The molecule has 0 aromatic carbocycles. The molecule has 0 spiro atoms. The largest absolute Gasteiger partial charge is 0.481 e. The number of hydrogen-bond acceptors (Lipinski definition) is 3. The molecule has 0 saturated heterocycles. The van der Waals surface area contributed by atoms with Crippen molar-refractivity contribution >= 4 is 5.97 Å². The molecule has 1 unspecified atom stereocenters. The first-order chi connectivity index (χ1) is 7.61. The average molecular weight is 222 g/mol. The molecular formula is C11H14N2O3. The maximum Gasteiger partial charge on any atom is 0.308 e. The van der Waals surface area contributed by atoms with Crippen LogP contribution in [0.2, 0.25) is 0 Å². The molecule has 1 aliphatic rings. The molecular weight excluding hydrogens is 208 g/mol. The summed E-state index contributed by atoms with van der Waals surface area (Å²) in [5.41, 5.74) is 0.651. The summed E-state index contributed by atoms with van der Waals surface area (Å²) >= 11 is 0. The normalized spacial score (nSPS) is 19.2. The van der Waals surface area contributed by atoms with Crippen molar-refractivity contribution in [3.8, 4) is 0 Å². The number of carbonyl (C=O) groups is 1. The molecule has 16 heavy (non-hydrogen) atoms. The number of fused-ring (bicyclic) bond motifs is 1. The fourth-order valence-corrected chi connectivity index (χ4v) is 1.99. The van der Waals surface area contributed by atoms with Crippen LogP contribution >= 0.6 is 0 Å². The predicted octanol–water partition coefficient (Wildman–Crippen LogP) is 0.453. The quantitative estimate of drug-likeness (QED) is 0.788. The van der Waals surface area contributed by atoms with Gasteiger partial charge in [0.25, 0.3) is 5.56 Å². The van der Waals surface area contributed by atoms with Crippen LogP contribution in [-0.2, 0) is 24.2 Å². The monoisotopic (exact) mass is 222 g/mol. The van der Waals surface area contributed by atoms with E-state index in [9.17, 15) is 9.59 Å². The molecule has 0 fully saturated rings. The summed E-state index contributed by atoms with van der Waals surface area (Å²) in [6.07, 6.45) is 1.86. The van der Waals surface area contributed by atoms with Crippen LogP contribution in [0.5, 0.6) is 0 Å². The van der Waals surface area contributed by atoms with Gasteiger partial charge in [-0.05, 0) is 12.8 Å². The molecule has 0 aliphatic carbocycles. The number of rotatable bonds is 2. The van der Waals surface area contributed by atoms with E-state index in [1.165, 1.54) is 10.6 Å². The van der Waals surface area contributed by atoms with Crippen molar-refractivity contribution in [3.63, 3.8) is 0 Å². The van der Waals surface area contributed by atoms with Crippen LogP contribution in [0.3, 0.4) is 0 Å². The van der Waals surface area contributed by atoms with Gasteiger partial charge >= 0.3 is 5.97 Å². The minimum atomic E-state index is -0.836. The first kappa shape index (κ1) is 10.9. The lowest BCUT2D eigenvalue weighted by molar-refractivity contribution is -0.142. The molecule has 2 heterocycles. The second-order valence-corrected chi connectivity index (χ2v) is 4.04. The highest BCUT2D eigenvalue weighted by Crippen LogP contribution is 2.17. The van der Waals surface area contributed by atoms with E-state index in [0.717, 1.165) is 17.9 Å². The number of aryl methyl sites for hydroxylation is 2. The Labute approximate surface area is 92.7 Å². The first-order valence-electron chi connectivity index (χ1n) is 5.44. The Morgan fingerprint density at radius 3 is 3.06 bits per heavy atom. The summed E-state index contributed by atoms with van der Waals surface area (Å²) in [6.45, 7) is 2.20. The highest BCUT2D eigenvalue weighted by atomic mass is 16.4. The summed E-state index contributed by atoms with van der Waals surface area (Å²) in [4.78, 5) is 27.0. The summed E-state index contributed by atoms with van der Waals surface area (Å²) in [7, 11) is 0. The molecule has 1 N–H and O–H groups in total. The second-order valence-electron chi connectivity index (χ2n) is 4.04. The van der Waals surface area contributed by atoms with Crippen LogP contribution in [-0.4, -0.2) is 20.6 Å². The molecule has 0 bridgehead atoms. The van der Waals surface area contributed by atoms with E-state index in [1.807, 2.05) is 6.92 Å². The zero-order valence-corrected chi connectivity index (χ0v) is 9.14. The Balaban J connectivity index is 2.39. The zero-order chi connectivity index (χ0) is 11.7. The van der Waals surface area contributed by atoms with Gasteiger partial charge in [-0.25, -0.2) is 4.98 Å². The Kier molecular flexibility index (Phi) is 2.77. The molecule has 1 aromatic heterocycles. The Bertz CT molecular complexity index is 479. The topological polar surface area (TPSA) is 72.2 Å². The zero-order valence-electron chi connectivity index (χ0n) is 9.14. The van der Waals surface area contributed by atoms with Gasteiger partial charge in [-0.1, -0.05) is 6.92 Å². The molecule has 0 saturated carbocycles. The Hall–Kier alpha value is -1.65. The van der Waals surface area contributed by atoms with Gasteiger partial charge in [-0.2, -0.15) is 0 Å². The standard InChI is InChI=1S/C11H14N2O3/c1-2-8-5-10(14)13-6-7(11(15)16)3-4-9(13)12-8/h5,7H,2-4,6H2,1H3,(H,15,16). The van der Waals surface area contributed by atoms with E-state index in [0.29, 0.717) is 12.8 Å². The van der Waals surface area contributed by atoms with Gasteiger partial charge < -0.3 is 5.11 Å². The summed E-state index contributed by atoms with van der Waals surface area (Å²) in [6, 6.07) is 1.49. The van der Waals surface area contributed by atoms with Gasteiger partial charge in [0.05, 0.1) is 5.92 Å². The second kappa shape index (κ2) is 4.08. The maximum absolute atomic E-state index is 11.7. The average Bonchev–Trinajstić information content (AvgIpc) is 2.28. The minimum absolute atomic E-state index is 0.132. The Morgan fingerprint density at radius 2 is 2.44 bits per heavy atom. The third-order valence-electron chi connectivity index (χ3n) is 2.97. The van der Waals surface area contributed by atoms with Crippen molar-refractivity contribution in [1.29, 1.82) is 0 Å². The fraction of sp³-hybridized carbons (Fsp3) is 0.545. The lowest BCUT2D eigenvalue weighted by Gasteiger charge is -2.22. The van der Waals surface area contributed by atoms with E-state index in [2.05, 4.69) is 4.98 Å². The van der Waals surface area contributed by atoms with Crippen molar-refractivity contribution in [3.05, 3.63) is 27.9 Å². The van der Waals surface area contributed by atoms with Gasteiger partial charge in [0.1, 0.15) is 5.82 Å². The summed E-state index contributed by atoms with van der Waals surface area (Å²) < 4.78 is 1.49. The van der Waals surface area contributed by atoms with Crippen LogP contribution < -0.4 is 5.56 Å². The van der Waals surface area contributed by atoms with E-state index in [4.69, 9.17) is 5.11 Å². The SMILES string of the molecule is CCc1cc(=O)n2c(n1)CCC(C(=O)O)C2. The van der Waals surface area contributed by atoms with E-state index < -0.39 is 11.9 Å². The van der Waals surface area contributed by atoms with E-state index in [1.54, 1.807) is 0 Å². The van der Waals surface area contributed by atoms with Crippen LogP contribution in [0.25, 0.3) is 0 Å². The number of carboxylic acids is 1. The molecule has 1 aromatic rings. The van der Waals surface area contributed by atoms with Gasteiger partial charge in [-0.3, -0.25) is 14.2 Å². The number of hydrogen-bond donors (Lipinski definition) is 1. The predicted molar refractivity (Wildman–Crippen MR) is 57.3 cm³/mol. The molecule has 1 atom stereocenters. The Morgan fingerprint density at radius 1 is 1.69 bits per heavy atom. The van der Waals surface area contributed by atoms with Crippen LogP contribution in [0.4, 0.5) is 0 Å². The van der Waals surface area contributed by atoms with Crippen molar-refractivity contribution in [2.75, 3.05) is 0 Å². The minimum Gasteiger partial charge on any atom is -0.481 e. The molecule has 0 radical (unpaired) electrons. The number of aliphatic carboxylic acids is 1. The van der Waals surface area contributed by atoms with Gasteiger partial charge in [0, 0.05) is 24.7 Å². The molecule has 1 aliphatic heterocycles. The van der Waals surface area contributed by atoms with Crippen molar-refractivity contribution in [2.24, 2.45) is 5.92 Å². The van der Waals surface area contributed by atoms with Crippen molar-refractivity contribution in [2.45, 2.75) is 32.7 Å². The lowest BCUT2D eigenvalue weighted by Crippen LogP contribution is -2.35. The van der Waals surface area contributed by atoms with Crippen molar-refractivity contribution < 1.29 is 9.90 Å². The highest BCUT2D eigenvalue weighted by Gasteiger charge is 2.25. The molecule has 0 amide bonds. The van der Waals surface area contributed by atoms with E-state index >= 15 is 0 Å². The van der Waals surface area contributed by atoms with Crippen LogP contribution in [0.15, 0.2) is 10.9 Å². The third kappa shape index (κ3) is 1.85. The molecule has 5 nitrogen and oxygen atoms in total. The highest BCUT2D eigenvalue weighted by molar-refractivity contribution is 5.70. The summed E-state index contributed by atoms with van der Waals surface area (Å²) in [5, 5.41) is 8.92. The first-order valence-corrected chi connectivity index (χ1v) is 5.44. The van der Waals surface area contributed by atoms with E-state index in [-0.39, 0.29) is 12.1 Å². The van der Waals surface area contributed by atoms with Crippen LogP contribution in [0, 0.1) is 5.92 Å². The fourth-order valence-electron chi connectivity index (χ4n) is 1.99. The summed E-state index contributed by atoms with van der Waals surface area (Å²) in [5.74, 6) is -0.571. The van der Waals surface area contributed by atoms with Crippen LogP contribution in [0.1, 0.15) is 24.9 Å². The maximum atomic E-state index is 11.7. The molecule has 86 valence electrons. The van der Waals surface area contributed by atoms with Crippen molar-refractivity contribution in [1.82, 2.24) is 9.55 Å². The molecule has 5 heteroatoms. The molecule has 2 rings (SSSR count). The lowest BCUT2D eigenvalue weighted by atomic mass is 9.99. The number of carboxylic acid groups (broad SMARTS) is 1. The van der Waals surface area contributed by atoms with Gasteiger partial charge in [0.2, 0.25) is 0 Å². The number of nitrogens with zero attached hydrogens (tertiary/aromatic N) is 2. The smallest absolute Gasteiger partial charge is 0.308 e. The van der Waals surface area contributed by atoms with Gasteiger partial charge in [0.15, 0.2) is 0 Å². The third-order valence-corrected chi connectivity index (χ3v) is 2.97. The van der Waals surface area contributed by atoms with Gasteiger partial charge in [-0.15, -0.1) is 0 Å². The number of aromatic nitrogens is 2.